The van der Waals surface area contributed by atoms with Crippen LogP contribution < -0.4 is 10.1 Å². The number of benzene rings is 2. The van der Waals surface area contributed by atoms with E-state index in [0.717, 1.165) is 0 Å². The molecule has 0 aliphatic rings. The molecule has 0 saturated heterocycles. The van der Waals surface area contributed by atoms with Crippen LogP contribution in [0.4, 0.5) is 9.52 Å². The zero-order valence-electron chi connectivity index (χ0n) is 12.3. The van der Waals surface area contributed by atoms with Gasteiger partial charge in [0.2, 0.25) is 0 Å². The van der Waals surface area contributed by atoms with Crippen LogP contribution in [-0.4, -0.2) is 17.0 Å². The first kappa shape index (κ1) is 17.0. The van der Waals surface area contributed by atoms with Crippen molar-refractivity contribution in [3.8, 4) is 5.75 Å². The van der Waals surface area contributed by atoms with Gasteiger partial charge in [-0.3, -0.25) is 10.1 Å². The molecule has 8 heteroatoms. The van der Waals surface area contributed by atoms with Crippen LogP contribution in [0.1, 0.15) is 6.92 Å². The van der Waals surface area contributed by atoms with Crippen LogP contribution in [0.5, 0.6) is 5.75 Å². The molecule has 1 amide bonds. The van der Waals surface area contributed by atoms with E-state index in [9.17, 15) is 9.18 Å². The van der Waals surface area contributed by atoms with Crippen LogP contribution in [0, 0.1) is 5.82 Å². The Balaban J connectivity index is 1.70. The molecule has 0 spiro atoms. The second-order valence-corrected chi connectivity index (χ2v) is 6.83. The number of thiazole rings is 1. The van der Waals surface area contributed by atoms with Gasteiger partial charge in [-0.05, 0) is 43.3 Å². The fourth-order valence-electron chi connectivity index (χ4n) is 1.97. The van der Waals surface area contributed by atoms with Crippen LogP contribution in [0.3, 0.4) is 0 Å². The molecule has 0 aliphatic heterocycles. The molecule has 0 unspecified atom stereocenters. The number of anilines is 1. The number of carbonyl (C=O) groups is 1. The average molecular weight is 385 g/mol. The number of nitrogens with zero attached hydrogens (tertiary/aromatic N) is 1. The lowest BCUT2D eigenvalue weighted by molar-refractivity contribution is -0.122. The highest BCUT2D eigenvalue weighted by Gasteiger charge is 2.18. The minimum atomic E-state index is -0.799. The number of rotatable bonds is 4. The smallest absolute Gasteiger partial charge is 0.266 e. The molecule has 2 aromatic carbocycles. The number of fused-ring (bicyclic) bond motifs is 1. The predicted octanol–water partition coefficient (Wildman–Crippen LogP) is 5.15. The van der Waals surface area contributed by atoms with Crippen molar-refractivity contribution in [3.63, 3.8) is 0 Å². The van der Waals surface area contributed by atoms with E-state index in [-0.39, 0.29) is 11.7 Å². The molecule has 1 N–H and O–H groups in total. The Kier molecular flexibility index (Phi) is 4.89. The molecule has 4 nitrogen and oxygen atoms in total. The zero-order valence-corrected chi connectivity index (χ0v) is 14.7. The molecule has 0 aliphatic carbocycles. The van der Waals surface area contributed by atoms with Gasteiger partial charge in [-0.1, -0.05) is 34.5 Å². The summed E-state index contributed by atoms with van der Waals surface area (Å²) in [6.45, 7) is 1.59. The Morgan fingerprint density at radius 1 is 1.29 bits per heavy atom. The molecule has 0 bridgehead atoms. The fraction of sp³-hybridized carbons (Fsp3) is 0.125. The van der Waals surface area contributed by atoms with Crippen molar-refractivity contribution in [3.05, 3.63) is 52.3 Å². The van der Waals surface area contributed by atoms with Crippen LogP contribution in [-0.2, 0) is 4.79 Å². The van der Waals surface area contributed by atoms with Gasteiger partial charge in [-0.15, -0.1) is 0 Å². The Labute approximate surface area is 151 Å². The Morgan fingerprint density at radius 3 is 2.83 bits per heavy atom. The molecule has 3 aromatic rings. The summed E-state index contributed by atoms with van der Waals surface area (Å²) in [4.78, 5) is 16.5. The molecular weight excluding hydrogens is 374 g/mol. The van der Waals surface area contributed by atoms with E-state index in [2.05, 4.69) is 10.3 Å². The first-order valence-electron chi connectivity index (χ1n) is 6.91. The van der Waals surface area contributed by atoms with Gasteiger partial charge in [0.25, 0.3) is 5.91 Å². The topological polar surface area (TPSA) is 51.2 Å². The molecule has 3 rings (SSSR count). The number of aromatic nitrogens is 1. The minimum absolute atomic E-state index is 0.317. The summed E-state index contributed by atoms with van der Waals surface area (Å²) in [5.41, 5.74) is 0.617. The summed E-state index contributed by atoms with van der Waals surface area (Å²) in [5.74, 6) is -0.381. The summed E-state index contributed by atoms with van der Waals surface area (Å²) in [5, 5.41) is 3.82. The van der Waals surface area contributed by atoms with Crippen molar-refractivity contribution in [2.75, 3.05) is 5.32 Å². The monoisotopic (exact) mass is 384 g/mol. The molecule has 124 valence electrons. The van der Waals surface area contributed by atoms with Gasteiger partial charge in [0, 0.05) is 5.02 Å². The minimum Gasteiger partial charge on any atom is -0.479 e. The summed E-state index contributed by atoms with van der Waals surface area (Å²) < 4.78 is 19.4. The summed E-state index contributed by atoms with van der Waals surface area (Å²) in [7, 11) is 0. The lowest BCUT2D eigenvalue weighted by Crippen LogP contribution is -2.30. The largest absolute Gasteiger partial charge is 0.479 e. The highest BCUT2D eigenvalue weighted by Crippen LogP contribution is 2.29. The van der Waals surface area contributed by atoms with E-state index in [4.69, 9.17) is 27.9 Å². The van der Waals surface area contributed by atoms with Gasteiger partial charge in [-0.2, -0.15) is 0 Å². The van der Waals surface area contributed by atoms with E-state index >= 15 is 0 Å². The SMILES string of the molecule is C[C@@H](Oc1ccc(Cl)cc1Cl)C(=O)Nc1nc2ccc(F)cc2s1. The van der Waals surface area contributed by atoms with Crippen molar-refractivity contribution in [1.82, 2.24) is 4.98 Å². The number of nitrogens with one attached hydrogen (secondary N) is 1. The molecule has 0 fully saturated rings. The average Bonchev–Trinajstić information content (AvgIpc) is 2.91. The number of amides is 1. The third-order valence-corrected chi connectivity index (χ3v) is 4.61. The number of hydrogen-bond donors (Lipinski definition) is 1. The number of halogens is 3. The van der Waals surface area contributed by atoms with Crippen molar-refractivity contribution in [2.45, 2.75) is 13.0 Å². The third kappa shape index (κ3) is 3.77. The molecule has 1 heterocycles. The molecule has 0 saturated carbocycles. The highest BCUT2D eigenvalue weighted by molar-refractivity contribution is 7.22. The molecule has 24 heavy (non-hydrogen) atoms. The Bertz CT molecular complexity index is 916. The van der Waals surface area contributed by atoms with Gasteiger partial charge in [0.05, 0.1) is 15.2 Å². The standard InChI is InChI=1S/C16H11Cl2FN2O2S/c1-8(23-13-5-2-9(17)6-11(13)18)15(22)21-16-20-12-4-3-10(19)7-14(12)24-16/h2-8H,1H3,(H,20,21,22)/t8-/m1/s1. The van der Waals surface area contributed by atoms with E-state index in [0.29, 0.717) is 31.1 Å². The Hall–Kier alpha value is -1.89. The maximum atomic E-state index is 13.2. The zero-order chi connectivity index (χ0) is 17.3. The molecule has 1 aromatic heterocycles. The van der Waals surface area contributed by atoms with Crippen LogP contribution >= 0.6 is 34.5 Å². The quantitative estimate of drug-likeness (QED) is 0.676. The van der Waals surface area contributed by atoms with Crippen molar-refractivity contribution in [1.29, 1.82) is 0 Å². The van der Waals surface area contributed by atoms with Crippen LogP contribution in [0.15, 0.2) is 36.4 Å². The summed E-state index contributed by atoms with van der Waals surface area (Å²) in [6.07, 6.45) is -0.799. The van der Waals surface area contributed by atoms with Crippen LogP contribution in [0.25, 0.3) is 10.2 Å². The van der Waals surface area contributed by atoms with Gasteiger partial charge in [-0.25, -0.2) is 9.37 Å². The lowest BCUT2D eigenvalue weighted by Gasteiger charge is -2.14. The number of carbonyl (C=O) groups excluding carboxylic acids is 1. The summed E-state index contributed by atoms with van der Waals surface area (Å²) in [6, 6.07) is 9.00. The Morgan fingerprint density at radius 2 is 2.08 bits per heavy atom. The van der Waals surface area contributed by atoms with E-state index in [1.54, 1.807) is 25.1 Å². The summed E-state index contributed by atoms with van der Waals surface area (Å²) >= 11 is 13.0. The van der Waals surface area contributed by atoms with Gasteiger partial charge in [0.15, 0.2) is 11.2 Å². The second kappa shape index (κ2) is 6.93. The van der Waals surface area contributed by atoms with Gasteiger partial charge < -0.3 is 4.74 Å². The van der Waals surface area contributed by atoms with Crippen LogP contribution in [0.2, 0.25) is 10.0 Å². The lowest BCUT2D eigenvalue weighted by atomic mass is 10.3. The molecule has 1 atom stereocenters. The van der Waals surface area contributed by atoms with E-state index in [1.165, 1.54) is 29.5 Å². The molecular formula is C16H11Cl2FN2O2S. The number of ether oxygens (including phenoxy) is 1. The predicted molar refractivity (Wildman–Crippen MR) is 94.8 cm³/mol. The normalized spacial score (nSPS) is 12.2. The van der Waals surface area contributed by atoms with Gasteiger partial charge in [0.1, 0.15) is 11.6 Å². The first-order valence-corrected chi connectivity index (χ1v) is 8.48. The second-order valence-electron chi connectivity index (χ2n) is 4.96. The van der Waals surface area contributed by atoms with Crippen molar-refractivity contribution in [2.24, 2.45) is 0 Å². The first-order chi connectivity index (χ1) is 11.4. The fourth-order valence-corrected chi connectivity index (χ4v) is 3.32. The molecule has 0 radical (unpaired) electrons. The van der Waals surface area contributed by atoms with Crippen molar-refractivity contribution >= 4 is 55.8 Å². The van der Waals surface area contributed by atoms with E-state index in [1.807, 2.05) is 0 Å². The van der Waals surface area contributed by atoms with E-state index < -0.39 is 6.10 Å². The maximum absolute atomic E-state index is 13.2. The number of hydrogen-bond acceptors (Lipinski definition) is 4. The van der Waals surface area contributed by atoms with Crippen molar-refractivity contribution < 1.29 is 13.9 Å². The maximum Gasteiger partial charge on any atom is 0.266 e. The third-order valence-electron chi connectivity index (χ3n) is 3.15. The highest BCUT2D eigenvalue weighted by atomic mass is 35.5. The van der Waals surface area contributed by atoms with Gasteiger partial charge >= 0.3 is 0 Å².